The second-order valence-corrected chi connectivity index (χ2v) is 7.27. The summed E-state index contributed by atoms with van der Waals surface area (Å²) in [5.74, 6) is -0.380. The minimum absolute atomic E-state index is 0.106. The first-order valence-corrected chi connectivity index (χ1v) is 8.23. The van der Waals surface area contributed by atoms with Gasteiger partial charge in [0.25, 0.3) is 5.91 Å². The van der Waals surface area contributed by atoms with Crippen molar-refractivity contribution in [1.82, 2.24) is 4.90 Å². The number of amides is 1. The largest absolute Gasteiger partial charge is 0.372 e. The molecule has 0 unspecified atom stereocenters. The molecule has 1 amide bonds. The third kappa shape index (κ3) is 5.02. The highest BCUT2D eigenvalue weighted by atomic mass is 127. The molecule has 0 atom stereocenters. The zero-order valence-electron chi connectivity index (χ0n) is 13.7. The second kappa shape index (κ2) is 7.63. The molecule has 1 aromatic rings. The van der Waals surface area contributed by atoms with Crippen molar-refractivity contribution >= 4 is 34.2 Å². The van der Waals surface area contributed by atoms with Crippen molar-refractivity contribution in [3.8, 4) is 6.07 Å². The average Bonchev–Trinajstić information content (AvgIpc) is 2.41. The number of nitrogens with zero attached hydrogens (tertiary/aromatic N) is 2. The zero-order chi connectivity index (χ0) is 16.9. The summed E-state index contributed by atoms with van der Waals surface area (Å²) >= 11 is 2.22. The molecule has 0 spiro atoms. The molecule has 1 N–H and O–H groups in total. The van der Waals surface area contributed by atoms with Gasteiger partial charge in [-0.05, 0) is 81.0 Å². The van der Waals surface area contributed by atoms with E-state index in [2.05, 4.69) is 27.9 Å². The summed E-state index contributed by atoms with van der Waals surface area (Å²) in [6.07, 6.45) is 1.64. The molecule has 0 saturated heterocycles. The monoisotopic (exact) mass is 411 g/mol. The van der Waals surface area contributed by atoms with Gasteiger partial charge in [0, 0.05) is 27.5 Å². The predicted octanol–water partition coefficient (Wildman–Crippen LogP) is 4.07. The number of nitrogens with one attached hydrogen (secondary N) is 1. The highest BCUT2D eigenvalue weighted by Crippen LogP contribution is 2.19. The number of hydrogen-bond donors (Lipinski definition) is 1. The van der Waals surface area contributed by atoms with Gasteiger partial charge in [0.05, 0.1) is 0 Å². The summed E-state index contributed by atoms with van der Waals surface area (Å²) in [5, 5.41) is 12.1. The summed E-state index contributed by atoms with van der Waals surface area (Å²) in [5.41, 5.74) is 1.66. The van der Waals surface area contributed by atoms with Crippen LogP contribution in [0.25, 0.3) is 0 Å². The molecule has 1 aromatic carbocycles. The van der Waals surface area contributed by atoms with Crippen molar-refractivity contribution in [3.05, 3.63) is 39.1 Å². The molecule has 22 heavy (non-hydrogen) atoms. The summed E-state index contributed by atoms with van der Waals surface area (Å²) in [6.45, 7) is 10.8. The Bertz CT molecular complexity index is 624. The fourth-order valence-electron chi connectivity index (χ4n) is 2.01. The van der Waals surface area contributed by atoms with E-state index in [-0.39, 0.29) is 17.0 Å². The third-order valence-electron chi connectivity index (χ3n) is 3.29. The van der Waals surface area contributed by atoms with Crippen LogP contribution in [0, 0.1) is 21.8 Å². The van der Waals surface area contributed by atoms with Crippen LogP contribution in [0.3, 0.4) is 0 Å². The maximum Gasteiger partial charge on any atom is 0.267 e. The minimum Gasteiger partial charge on any atom is -0.372 e. The Hall–Kier alpha value is -1.55. The molecule has 0 aromatic heterocycles. The van der Waals surface area contributed by atoms with Crippen molar-refractivity contribution in [2.75, 3.05) is 11.9 Å². The number of carbonyl (C=O) groups excluding carboxylic acids is 1. The molecule has 0 fully saturated rings. The first-order chi connectivity index (χ1) is 10.2. The topological polar surface area (TPSA) is 56.1 Å². The summed E-state index contributed by atoms with van der Waals surface area (Å²) in [6, 6.07) is 7.76. The van der Waals surface area contributed by atoms with Crippen molar-refractivity contribution in [2.45, 2.75) is 40.2 Å². The van der Waals surface area contributed by atoms with E-state index in [1.165, 1.54) is 0 Å². The molecular formula is C17H22IN3O. The maximum atomic E-state index is 12.3. The lowest BCUT2D eigenvalue weighted by Gasteiger charge is -2.33. The Morgan fingerprint density at radius 3 is 2.55 bits per heavy atom. The molecule has 0 bridgehead atoms. The molecule has 0 radical (unpaired) electrons. The van der Waals surface area contributed by atoms with Gasteiger partial charge < -0.3 is 10.2 Å². The molecule has 0 saturated carbocycles. The number of aryl methyl sites for hydroxylation is 1. The Morgan fingerprint density at radius 2 is 2.09 bits per heavy atom. The Balaban J connectivity index is 3.00. The van der Waals surface area contributed by atoms with Gasteiger partial charge in [0.15, 0.2) is 0 Å². The predicted molar refractivity (Wildman–Crippen MR) is 98.4 cm³/mol. The van der Waals surface area contributed by atoms with E-state index in [0.717, 1.165) is 21.4 Å². The standard InChI is InChI=1S/C17H22IN3O/c1-6-21(17(3,4)5)11-13(10-19)16(22)20-15-8-7-14(18)9-12(15)2/h7-9,11H,6H2,1-5H3,(H,20,22)/b13-11-. The minimum atomic E-state index is -0.380. The van der Waals surface area contributed by atoms with Gasteiger partial charge >= 0.3 is 0 Å². The van der Waals surface area contributed by atoms with Gasteiger partial charge in [0.2, 0.25) is 0 Å². The maximum absolute atomic E-state index is 12.3. The lowest BCUT2D eigenvalue weighted by molar-refractivity contribution is -0.112. The van der Waals surface area contributed by atoms with Gasteiger partial charge in [-0.15, -0.1) is 0 Å². The van der Waals surface area contributed by atoms with E-state index in [0.29, 0.717) is 0 Å². The Labute approximate surface area is 146 Å². The number of anilines is 1. The van der Waals surface area contributed by atoms with E-state index >= 15 is 0 Å². The molecule has 0 aliphatic heterocycles. The quantitative estimate of drug-likeness (QED) is 0.462. The molecule has 118 valence electrons. The van der Waals surface area contributed by atoms with Gasteiger partial charge in [-0.3, -0.25) is 4.79 Å². The van der Waals surface area contributed by atoms with Crippen LogP contribution in [0.15, 0.2) is 30.0 Å². The van der Waals surface area contributed by atoms with E-state index < -0.39 is 0 Å². The van der Waals surface area contributed by atoms with Crippen LogP contribution in [0.2, 0.25) is 0 Å². The van der Waals surface area contributed by atoms with Crippen LogP contribution in [0.5, 0.6) is 0 Å². The van der Waals surface area contributed by atoms with Crippen molar-refractivity contribution in [2.24, 2.45) is 0 Å². The molecule has 4 nitrogen and oxygen atoms in total. The number of nitriles is 1. The average molecular weight is 411 g/mol. The number of halogens is 1. The van der Waals surface area contributed by atoms with E-state index in [4.69, 9.17) is 0 Å². The van der Waals surface area contributed by atoms with Crippen LogP contribution >= 0.6 is 22.6 Å². The molecule has 1 rings (SSSR count). The van der Waals surface area contributed by atoms with E-state index in [1.54, 1.807) is 6.20 Å². The lowest BCUT2D eigenvalue weighted by Crippen LogP contribution is -2.37. The first-order valence-electron chi connectivity index (χ1n) is 7.15. The fraction of sp³-hybridized carbons (Fsp3) is 0.412. The molecule has 0 heterocycles. The van der Waals surface area contributed by atoms with Crippen LogP contribution in [0.1, 0.15) is 33.3 Å². The lowest BCUT2D eigenvalue weighted by atomic mass is 10.1. The highest BCUT2D eigenvalue weighted by Gasteiger charge is 2.19. The number of hydrogen-bond acceptors (Lipinski definition) is 3. The van der Waals surface area contributed by atoms with Crippen LogP contribution in [-0.2, 0) is 4.79 Å². The van der Waals surface area contributed by atoms with Gasteiger partial charge in [-0.25, -0.2) is 0 Å². The molecule has 0 aliphatic carbocycles. The van der Waals surface area contributed by atoms with Crippen molar-refractivity contribution < 1.29 is 4.79 Å². The Kier molecular flexibility index (Phi) is 6.42. The SMILES string of the molecule is CCN(/C=C(/C#N)C(=O)Nc1ccc(I)cc1C)C(C)(C)C. The molecule has 5 heteroatoms. The molecule has 0 aliphatic rings. The van der Waals surface area contributed by atoms with Crippen molar-refractivity contribution in [1.29, 1.82) is 5.26 Å². The normalized spacial score (nSPS) is 11.8. The van der Waals surface area contributed by atoms with Crippen molar-refractivity contribution in [3.63, 3.8) is 0 Å². The van der Waals surface area contributed by atoms with Crippen LogP contribution in [0.4, 0.5) is 5.69 Å². The van der Waals surface area contributed by atoms with Crippen LogP contribution in [-0.4, -0.2) is 22.9 Å². The summed E-state index contributed by atoms with van der Waals surface area (Å²) in [7, 11) is 0. The zero-order valence-corrected chi connectivity index (χ0v) is 15.9. The second-order valence-electron chi connectivity index (χ2n) is 6.02. The fourth-order valence-corrected chi connectivity index (χ4v) is 2.66. The van der Waals surface area contributed by atoms with Crippen LogP contribution < -0.4 is 5.32 Å². The smallest absolute Gasteiger partial charge is 0.267 e. The number of benzene rings is 1. The number of carbonyl (C=O) groups is 1. The van der Waals surface area contributed by atoms with E-state index in [1.807, 2.05) is 63.8 Å². The van der Waals surface area contributed by atoms with E-state index in [9.17, 15) is 10.1 Å². The number of rotatable bonds is 4. The highest BCUT2D eigenvalue weighted by molar-refractivity contribution is 14.1. The summed E-state index contributed by atoms with van der Waals surface area (Å²) < 4.78 is 1.11. The first kappa shape index (κ1) is 18.5. The van der Waals surface area contributed by atoms with Gasteiger partial charge in [0.1, 0.15) is 11.6 Å². The molecular weight excluding hydrogens is 389 g/mol. The van der Waals surface area contributed by atoms with Gasteiger partial charge in [-0.1, -0.05) is 0 Å². The van der Waals surface area contributed by atoms with Gasteiger partial charge in [-0.2, -0.15) is 5.26 Å². The summed E-state index contributed by atoms with van der Waals surface area (Å²) in [4.78, 5) is 14.3. The Morgan fingerprint density at radius 1 is 1.45 bits per heavy atom. The third-order valence-corrected chi connectivity index (χ3v) is 3.96.